The molecule has 254 valence electrons. The van der Waals surface area contributed by atoms with Crippen LogP contribution in [0.1, 0.15) is 89.3 Å². The Kier molecular flexibility index (Phi) is 11.0. The highest BCUT2D eigenvalue weighted by molar-refractivity contribution is 7.09. The Bertz CT molecular complexity index is 1720. The largest absolute Gasteiger partial charge is 0.472 e. The lowest BCUT2D eigenvalue weighted by Crippen LogP contribution is -2.51. The summed E-state index contributed by atoms with van der Waals surface area (Å²) >= 11 is 1.29. The summed E-state index contributed by atoms with van der Waals surface area (Å²) in [5.74, 6) is -0.576. The molecule has 5 rings (SSSR count). The van der Waals surface area contributed by atoms with E-state index >= 15 is 0 Å². The molecule has 0 spiro atoms. The molecule has 1 aliphatic heterocycles. The highest BCUT2D eigenvalue weighted by atomic mass is 32.1. The smallest absolute Gasteiger partial charge is 0.271 e. The van der Waals surface area contributed by atoms with Crippen LogP contribution in [0.15, 0.2) is 58.7 Å². The van der Waals surface area contributed by atoms with Gasteiger partial charge in [-0.3, -0.25) is 19.2 Å². The molecule has 0 saturated heterocycles. The van der Waals surface area contributed by atoms with Crippen LogP contribution in [0.5, 0.6) is 0 Å². The topological polar surface area (TPSA) is 164 Å². The Labute approximate surface area is 283 Å². The van der Waals surface area contributed by atoms with Crippen molar-refractivity contribution in [2.75, 3.05) is 13.1 Å². The first-order valence-corrected chi connectivity index (χ1v) is 17.0. The molecule has 14 heteroatoms. The van der Waals surface area contributed by atoms with E-state index in [1.807, 2.05) is 58.0 Å². The van der Waals surface area contributed by atoms with Crippen LogP contribution in [0, 0.1) is 18.8 Å². The fraction of sp³-hybridized carbons (Fsp3) is 0.441. The zero-order chi connectivity index (χ0) is 34.4. The van der Waals surface area contributed by atoms with Crippen molar-refractivity contribution >= 4 is 35.0 Å². The molecule has 3 N–H and O–H groups in total. The van der Waals surface area contributed by atoms with E-state index in [0.29, 0.717) is 35.1 Å². The number of carbonyl (C=O) groups is 4. The molecule has 3 aromatic heterocycles. The van der Waals surface area contributed by atoms with Crippen LogP contribution >= 0.6 is 11.3 Å². The van der Waals surface area contributed by atoms with Crippen molar-refractivity contribution in [1.29, 1.82) is 0 Å². The highest BCUT2D eigenvalue weighted by Gasteiger charge is 2.30. The van der Waals surface area contributed by atoms with Gasteiger partial charge < -0.3 is 25.3 Å². The third-order valence-electron chi connectivity index (χ3n) is 8.05. The molecule has 4 aromatic rings. The number of benzene rings is 1. The summed E-state index contributed by atoms with van der Waals surface area (Å²) in [7, 11) is 0. The number of amides is 4. The summed E-state index contributed by atoms with van der Waals surface area (Å²) in [5.41, 5.74) is 1.46. The maximum absolute atomic E-state index is 13.7. The first-order valence-electron chi connectivity index (χ1n) is 16.1. The van der Waals surface area contributed by atoms with Crippen molar-refractivity contribution in [3.05, 3.63) is 87.8 Å². The van der Waals surface area contributed by atoms with Crippen LogP contribution in [0.25, 0.3) is 0 Å². The van der Waals surface area contributed by atoms with E-state index in [9.17, 15) is 19.2 Å². The van der Waals surface area contributed by atoms with E-state index in [-0.39, 0.29) is 49.0 Å². The Morgan fingerprint density at radius 2 is 1.73 bits per heavy atom. The summed E-state index contributed by atoms with van der Waals surface area (Å²) < 4.78 is 6.66. The minimum Gasteiger partial charge on any atom is -0.472 e. The number of nitrogens with zero attached hydrogens (tertiary/aromatic N) is 5. The standard InChI is InChI=1S/C34H42N8O5S/c1-20(2)13-26-33-39-28(19-48-33)32(45)38-25(14-23-9-7-6-8-10-23)31-35-22(5)40-42(31)17-30(44)37-27(21(3)4)15-41(16-29(43)36-26)34(46)24-11-12-47-18-24/h6-12,18-21,25-27H,13-17H2,1-5H3,(H,36,43)(H,37,44)(H,38,45)/t25-,26-,27+/m0/s1. The molecule has 0 fully saturated rings. The van der Waals surface area contributed by atoms with Crippen molar-refractivity contribution in [2.45, 2.75) is 72.1 Å². The number of nitrogens with one attached hydrogen (secondary N) is 3. The van der Waals surface area contributed by atoms with Crippen LogP contribution in [0.4, 0.5) is 0 Å². The number of hydrogen-bond donors (Lipinski definition) is 3. The van der Waals surface area contributed by atoms with Crippen molar-refractivity contribution in [3.8, 4) is 0 Å². The lowest BCUT2D eigenvalue weighted by Gasteiger charge is -2.30. The van der Waals surface area contributed by atoms with Crippen LogP contribution in [-0.4, -0.2) is 67.4 Å². The van der Waals surface area contributed by atoms with Crippen LogP contribution in [0.2, 0.25) is 0 Å². The van der Waals surface area contributed by atoms with Gasteiger partial charge in [0, 0.05) is 18.0 Å². The normalized spacial score (nSPS) is 19.7. The lowest BCUT2D eigenvalue weighted by atomic mass is 10.0. The van der Waals surface area contributed by atoms with Gasteiger partial charge in [0.1, 0.15) is 29.3 Å². The SMILES string of the molecule is Cc1nc2n(n1)CC(=O)N[C@@H](C(C)C)CN(C(=O)c1ccoc1)CC(=O)N[C@@H](CC(C)C)c1nc(cs1)C(=O)N[C@H]2Cc1ccccc1. The maximum atomic E-state index is 13.7. The van der Waals surface area contributed by atoms with Gasteiger partial charge in [0.25, 0.3) is 11.8 Å². The molecule has 4 heterocycles. The number of hydrogen-bond acceptors (Lipinski definition) is 9. The second kappa shape index (κ2) is 15.4. The molecule has 0 saturated carbocycles. The molecule has 1 aromatic carbocycles. The Morgan fingerprint density at radius 1 is 0.979 bits per heavy atom. The first-order chi connectivity index (χ1) is 23.0. The number of rotatable bonds is 6. The number of thiazole rings is 1. The Hall–Kier alpha value is -4.85. The third-order valence-corrected chi connectivity index (χ3v) is 9.01. The fourth-order valence-corrected chi connectivity index (χ4v) is 6.49. The van der Waals surface area contributed by atoms with Gasteiger partial charge >= 0.3 is 0 Å². The Balaban J connectivity index is 1.55. The molecule has 3 atom stereocenters. The summed E-state index contributed by atoms with van der Waals surface area (Å²) in [6.45, 7) is 9.33. The predicted molar refractivity (Wildman–Crippen MR) is 179 cm³/mol. The van der Waals surface area contributed by atoms with Gasteiger partial charge in [0.2, 0.25) is 11.8 Å². The molecular weight excluding hydrogens is 632 g/mol. The second-order valence-electron chi connectivity index (χ2n) is 12.8. The molecular formula is C34H42N8O5S. The maximum Gasteiger partial charge on any atom is 0.271 e. The van der Waals surface area contributed by atoms with E-state index in [2.05, 4.69) is 31.0 Å². The van der Waals surface area contributed by atoms with Crippen molar-refractivity contribution in [3.63, 3.8) is 0 Å². The number of aryl methyl sites for hydroxylation is 1. The lowest BCUT2D eigenvalue weighted by molar-refractivity contribution is -0.123. The van der Waals surface area contributed by atoms with Gasteiger partial charge in [-0.15, -0.1) is 11.3 Å². The number of carbonyl (C=O) groups excluding carboxylic acids is 4. The zero-order valence-electron chi connectivity index (χ0n) is 27.8. The summed E-state index contributed by atoms with van der Waals surface area (Å²) in [6, 6.07) is 9.60. The summed E-state index contributed by atoms with van der Waals surface area (Å²) in [4.78, 5) is 65.3. The number of furan rings is 1. The molecule has 0 unspecified atom stereocenters. The molecule has 0 aliphatic carbocycles. The van der Waals surface area contributed by atoms with Crippen LogP contribution in [0.3, 0.4) is 0 Å². The molecule has 13 nitrogen and oxygen atoms in total. The molecule has 48 heavy (non-hydrogen) atoms. The van der Waals surface area contributed by atoms with E-state index in [0.717, 1.165) is 5.56 Å². The van der Waals surface area contributed by atoms with E-state index in [4.69, 9.17) is 4.42 Å². The number of fused-ring (bicyclic) bond motifs is 3. The van der Waals surface area contributed by atoms with E-state index in [1.54, 1.807) is 18.4 Å². The Morgan fingerprint density at radius 3 is 2.42 bits per heavy atom. The molecule has 0 radical (unpaired) electrons. The van der Waals surface area contributed by atoms with E-state index in [1.165, 1.54) is 33.4 Å². The van der Waals surface area contributed by atoms with Crippen molar-refractivity contribution < 1.29 is 23.6 Å². The fourth-order valence-electron chi connectivity index (χ4n) is 5.63. The van der Waals surface area contributed by atoms with Gasteiger partial charge in [0.05, 0.1) is 30.5 Å². The van der Waals surface area contributed by atoms with Gasteiger partial charge in [-0.25, -0.2) is 14.6 Å². The second-order valence-corrected chi connectivity index (χ2v) is 13.7. The first kappa shape index (κ1) is 34.5. The average molecular weight is 675 g/mol. The predicted octanol–water partition coefficient (Wildman–Crippen LogP) is 3.85. The van der Waals surface area contributed by atoms with Crippen LogP contribution < -0.4 is 16.0 Å². The van der Waals surface area contributed by atoms with Crippen molar-refractivity contribution in [1.82, 2.24) is 40.6 Å². The van der Waals surface area contributed by atoms with Gasteiger partial charge in [-0.05, 0) is 43.2 Å². The van der Waals surface area contributed by atoms with Gasteiger partial charge in [-0.2, -0.15) is 5.10 Å². The minimum atomic E-state index is -0.631. The van der Waals surface area contributed by atoms with Crippen LogP contribution in [-0.2, 0) is 22.6 Å². The average Bonchev–Trinajstić information content (AvgIpc) is 3.81. The minimum absolute atomic E-state index is 0.0764. The molecule has 4 amide bonds. The number of aromatic nitrogens is 4. The molecule has 2 bridgehead atoms. The zero-order valence-corrected chi connectivity index (χ0v) is 28.6. The highest BCUT2D eigenvalue weighted by Crippen LogP contribution is 2.26. The van der Waals surface area contributed by atoms with Gasteiger partial charge in [0.15, 0.2) is 5.82 Å². The van der Waals surface area contributed by atoms with E-state index < -0.39 is 29.9 Å². The quantitative estimate of drug-likeness (QED) is 0.278. The van der Waals surface area contributed by atoms with Crippen molar-refractivity contribution in [2.24, 2.45) is 11.8 Å². The summed E-state index contributed by atoms with van der Waals surface area (Å²) in [6.07, 6.45) is 3.70. The third kappa shape index (κ3) is 8.73. The molecule has 1 aliphatic rings. The monoisotopic (exact) mass is 674 g/mol. The van der Waals surface area contributed by atoms with Gasteiger partial charge in [-0.1, -0.05) is 58.0 Å². The summed E-state index contributed by atoms with van der Waals surface area (Å²) in [5, 5.41) is 16.0.